The van der Waals surface area contributed by atoms with Crippen molar-refractivity contribution in [1.29, 1.82) is 0 Å². The Morgan fingerprint density at radius 2 is 1.77 bits per heavy atom. The second-order valence-electron chi connectivity index (χ2n) is 5.74. The number of carbonyl (C=O) groups excluding carboxylic acids is 2. The Bertz CT molecular complexity index is 880. The number of rotatable bonds is 3. The average Bonchev–Trinajstić information content (AvgIpc) is 2.64. The molecule has 0 saturated carbocycles. The van der Waals surface area contributed by atoms with Crippen LogP contribution in [-0.4, -0.2) is 55.6 Å². The number of carbonyl (C=O) groups is 2. The second kappa shape index (κ2) is 7.43. The van der Waals surface area contributed by atoms with E-state index in [2.05, 4.69) is 10.9 Å². The van der Waals surface area contributed by atoms with Gasteiger partial charge in [0.25, 0.3) is 5.91 Å². The molecule has 0 radical (unpaired) electrons. The third-order valence-corrected chi connectivity index (χ3v) is 6.99. The number of sulfonamides is 1. The summed E-state index contributed by atoms with van der Waals surface area (Å²) < 4.78 is 26.8. The van der Waals surface area contributed by atoms with Gasteiger partial charge in [-0.05, 0) is 18.2 Å². The molecule has 0 bridgehead atoms. The fourth-order valence-corrected chi connectivity index (χ4v) is 4.86. The molecule has 26 heavy (non-hydrogen) atoms. The molecule has 2 aliphatic heterocycles. The molecule has 0 aliphatic carbocycles. The highest BCUT2D eigenvalue weighted by Gasteiger charge is 2.33. The Hall–Kier alpha value is -1.81. The number of halogens is 2. The fraction of sp³-hybridized carbons (Fsp3) is 0.333. The molecule has 2 aliphatic rings. The molecule has 1 aromatic rings. The van der Waals surface area contributed by atoms with Gasteiger partial charge in [0.05, 0.1) is 10.0 Å². The highest BCUT2D eigenvalue weighted by Crippen LogP contribution is 2.31. The molecule has 140 valence electrons. The zero-order valence-electron chi connectivity index (χ0n) is 13.5. The highest BCUT2D eigenvalue weighted by molar-refractivity contribution is 7.89. The quantitative estimate of drug-likeness (QED) is 0.753. The van der Waals surface area contributed by atoms with Gasteiger partial charge in [0, 0.05) is 32.6 Å². The summed E-state index contributed by atoms with van der Waals surface area (Å²) in [7, 11) is -3.80. The second-order valence-corrected chi connectivity index (χ2v) is 8.43. The van der Waals surface area contributed by atoms with Crippen LogP contribution >= 0.6 is 23.2 Å². The van der Waals surface area contributed by atoms with Crippen molar-refractivity contribution in [3.8, 4) is 0 Å². The van der Waals surface area contributed by atoms with Crippen LogP contribution in [0.15, 0.2) is 34.9 Å². The summed E-state index contributed by atoms with van der Waals surface area (Å²) >= 11 is 11.9. The van der Waals surface area contributed by atoms with Crippen LogP contribution in [0.3, 0.4) is 0 Å². The Morgan fingerprint density at radius 3 is 2.38 bits per heavy atom. The minimum atomic E-state index is -3.80. The SMILES string of the molecule is O=C1CC=C(C(=O)N2CCN(S(=O)(=O)c3cccc(Cl)c3Cl)CC2)NN1. The van der Waals surface area contributed by atoms with Crippen LogP contribution in [0.1, 0.15) is 6.42 Å². The lowest BCUT2D eigenvalue weighted by molar-refractivity contribution is -0.129. The fourth-order valence-electron chi connectivity index (χ4n) is 2.70. The number of hydrogen-bond donors (Lipinski definition) is 2. The lowest BCUT2D eigenvalue weighted by atomic mass is 10.2. The van der Waals surface area contributed by atoms with Gasteiger partial charge in [0.15, 0.2) is 0 Å². The molecule has 1 fully saturated rings. The molecule has 0 unspecified atom stereocenters. The van der Waals surface area contributed by atoms with E-state index in [9.17, 15) is 18.0 Å². The monoisotopic (exact) mass is 418 g/mol. The Morgan fingerprint density at radius 1 is 1.08 bits per heavy atom. The van der Waals surface area contributed by atoms with Crippen LogP contribution in [-0.2, 0) is 19.6 Å². The first-order valence-electron chi connectivity index (χ1n) is 7.79. The summed E-state index contributed by atoms with van der Waals surface area (Å²) in [5.41, 5.74) is 5.21. The van der Waals surface area contributed by atoms with E-state index in [-0.39, 0.29) is 65.1 Å². The molecule has 3 rings (SSSR count). The molecular formula is C15H16Cl2N4O4S. The number of nitrogens with zero attached hydrogens (tertiary/aromatic N) is 2. The largest absolute Gasteiger partial charge is 0.335 e. The van der Waals surface area contributed by atoms with E-state index < -0.39 is 10.0 Å². The molecule has 8 nitrogen and oxygen atoms in total. The maximum absolute atomic E-state index is 12.8. The van der Waals surface area contributed by atoms with Crippen molar-refractivity contribution in [3.63, 3.8) is 0 Å². The van der Waals surface area contributed by atoms with Crippen LogP contribution in [0.4, 0.5) is 0 Å². The number of benzene rings is 1. The molecule has 2 N–H and O–H groups in total. The van der Waals surface area contributed by atoms with Crippen molar-refractivity contribution >= 4 is 45.0 Å². The minimum Gasteiger partial charge on any atom is -0.335 e. The van der Waals surface area contributed by atoms with Gasteiger partial charge in [-0.3, -0.25) is 20.4 Å². The number of hydrazine groups is 1. The maximum Gasteiger partial charge on any atom is 0.271 e. The third kappa shape index (κ3) is 3.66. The van der Waals surface area contributed by atoms with Gasteiger partial charge in [-0.1, -0.05) is 29.3 Å². The van der Waals surface area contributed by atoms with Crippen LogP contribution in [0.5, 0.6) is 0 Å². The van der Waals surface area contributed by atoms with Crippen LogP contribution in [0.25, 0.3) is 0 Å². The minimum absolute atomic E-state index is 0.0139. The molecule has 11 heteroatoms. The number of nitrogens with one attached hydrogen (secondary N) is 2. The van der Waals surface area contributed by atoms with E-state index in [0.29, 0.717) is 0 Å². The van der Waals surface area contributed by atoms with Crippen LogP contribution < -0.4 is 10.9 Å². The Labute approximate surface area is 160 Å². The van der Waals surface area contributed by atoms with Crippen LogP contribution in [0.2, 0.25) is 10.0 Å². The Kier molecular flexibility index (Phi) is 5.42. The van der Waals surface area contributed by atoms with E-state index in [1.165, 1.54) is 33.5 Å². The first-order valence-corrected chi connectivity index (χ1v) is 9.99. The van der Waals surface area contributed by atoms with Crippen molar-refractivity contribution in [2.75, 3.05) is 26.2 Å². The van der Waals surface area contributed by atoms with Gasteiger partial charge in [-0.2, -0.15) is 4.31 Å². The first-order chi connectivity index (χ1) is 12.3. The summed E-state index contributed by atoms with van der Waals surface area (Å²) in [6.45, 7) is 0.722. The van der Waals surface area contributed by atoms with Crippen molar-refractivity contribution in [3.05, 3.63) is 40.0 Å². The van der Waals surface area contributed by atoms with Crippen molar-refractivity contribution < 1.29 is 18.0 Å². The van der Waals surface area contributed by atoms with E-state index >= 15 is 0 Å². The van der Waals surface area contributed by atoms with Gasteiger partial charge < -0.3 is 4.90 Å². The zero-order valence-corrected chi connectivity index (χ0v) is 15.9. The summed E-state index contributed by atoms with van der Waals surface area (Å²) in [4.78, 5) is 25.0. The predicted molar refractivity (Wildman–Crippen MR) is 95.8 cm³/mol. The normalized spacial score (nSPS) is 18.8. The van der Waals surface area contributed by atoms with Gasteiger partial charge in [-0.15, -0.1) is 0 Å². The van der Waals surface area contributed by atoms with Gasteiger partial charge >= 0.3 is 0 Å². The molecule has 1 saturated heterocycles. The van der Waals surface area contributed by atoms with Gasteiger partial charge in [-0.25, -0.2) is 8.42 Å². The Balaban J connectivity index is 1.69. The highest BCUT2D eigenvalue weighted by atomic mass is 35.5. The smallest absolute Gasteiger partial charge is 0.271 e. The lowest BCUT2D eigenvalue weighted by Gasteiger charge is -2.35. The number of hydrogen-bond acceptors (Lipinski definition) is 5. The summed E-state index contributed by atoms with van der Waals surface area (Å²) in [6.07, 6.45) is 1.63. The molecule has 2 heterocycles. The number of piperazine rings is 1. The molecule has 0 aromatic heterocycles. The van der Waals surface area contributed by atoms with E-state index in [0.717, 1.165) is 0 Å². The molecule has 2 amide bonds. The van der Waals surface area contributed by atoms with E-state index in [4.69, 9.17) is 23.2 Å². The summed E-state index contributed by atoms with van der Waals surface area (Å²) in [5, 5.41) is 0.152. The maximum atomic E-state index is 12.8. The van der Waals surface area contributed by atoms with Crippen molar-refractivity contribution in [2.45, 2.75) is 11.3 Å². The molecule has 0 atom stereocenters. The number of amides is 2. The molecule has 1 aromatic carbocycles. The third-order valence-electron chi connectivity index (χ3n) is 4.12. The first kappa shape index (κ1) is 19.0. The zero-order chi connectivity index (χ0) is 18.9. The molecular weight excluding hydrogens is 403 g/mol. The van der Waals surface area contributed by atoms with Gasteiger partial charge in [0.2, 0.25) is 15.9 Å². The predicted octanol–water partition coefficient (Wildman–Crippen LogP) is 0.735. The van der Waals surface area contributed by atoms with Crippen molar-refractivity contribution in [1.82, 2.24) is 20.1 Å². The molecule has 0 spiro atoms. The van der Waals surface area contributed by atoms with E-state index in [1.54, 1.807) is 0 Å². The average molecular weight is 419 g/mol. The lowest BCUT2D eigenvalue weighted by Crippen LogP contribution is -2.53. The topological polar surface area (TPSA) is 98.8 Å². The van der Waals surface area contributed by atoms with Gasteiger partial charge in [0.1, 0.15) is 10.6 Å². The van der Waals surface area contributed by atoms with Crippen molar-refractivity contribution in [2.24, 2.45) is 0 Å². The summed E-state index contributed by atoms with van der Waals surface area (Å²) in [5.74, 6) is -0.515. The van der Waals surface area contributed by atoms with Crippen LogP contribution in [0, 0.1) is 0 Å². The standard InChI is InChI=1S/C15H16Cl2N4O4S/c16-10-2-1-3-12(14(10)17)26(24,25)21-8-6-20(7-9-21)15(23)11-4-5-13(22)19-18-11/h1-4,18H,5-9H2,(H,19,22). The van der Waals surface area contributed by atoms with E-state index in [1.807, 2.05) is 0 Å². The summed E-state index contributed by atoms with van der Waals surface area (Å²) in [6, 6.07) is 4.44.